The molecule has 2 aromatic rings. The van der Waals surface area contributed by atoms with Crippen LogP contribution in [0.15, 0.2) is 58.0 Å². The fourth-order valence-corrected chi connectivity index (χ4v) is 7.60. The Labute approximate surface area is 290 Å². The third kappa shape index (κ3) is 9.35. The predicted molar refractivity (Wildman–Crippen MR) is 188 cm³/mol. The number of rotatable bonds is 14. The second-order valence-electron chi connectivity index (χ2n) is 14.5. The van der Waals surface area contributed by atoms with Crippen LogP contribution in [0, 0.1) is 16.7 Å². The van der Waals surface area contributed by atoms with Gasteiger partial charge in [0.25, 0.3) is 5.91 Å². The Morgan fingerprint density at radius 3 is 2.25 bits per heavy atom. The summed E-state index contributed by atoms with van der Waals surface area (Å²) < 4.78 is 47.5. The number of aliphatic imine (C=N–C) groups is 1. The molecule has 0 bridgehead atoms. The highest BCUT2D eigenvalue weighted by molar-refractivity contribution is 9.10. The highest BCUT2D eigenvalue weighted by Crippen LogP contribution is 2.51. The molecule has 0 saturated heterocycles. The number of alkyl halides is 3. The maximum atomic E-state index is 14.4. The molecule has 2 N–H and O–H groups in total. The van der Waals surface area contributed by atoms with Crippen LogP contribution in [0.5, 0.6) is 0 Å². The number of carboxylic acid groups (broad SMARTS) is 1. The molecule has 13 heteroatoms. The third-order valence-corrected chi connectivity index (χ3v) is 11.1. The molecular formula is C35H47BrF3N3O5Si. The minimum atomic E-state index is -4.64. The highest BCUT2D eigenvalue weighted by atomic mass is 79.9. The number of ether oxygens (including phenoxy) is 1. The van der Waals surface area contributed by atoms with Gasteiger partial charge in [-0.25, -0.2) is 4.99 Å². The summed E-state index contributed by atoms with van der Waals surface area (Å²) >= 11 is 3.58. The lowest BCUT2D eigenvalue weighted by molar-refractivity contribution is -0.173. The molecule has 264 valence electrons. The molecule has 2 amide bonds. The van der Waals surface area contributed by atoms with E-state index >= 15 is 0 Å². The molecule has 48 heavy (non-hydrogen) atoms. The van der Waals surface area contributed by atoms with Gasteiger partial charge in [0.05, 0.1) is 22.7 Å². The number of carbonyl (C=O) groups is 3. The van der Waals surface area contributed by atoms with Gasteiger partial charge in [-0.15, -0.1) is 0 Å². The van der Waals surface area contributed by atoms with Gasteiger partial charge in [-0.1, -0.05) is 96.2 Å². The van der Waals surface area contributed by atoms with Gasteiger partial charge >= 0.3 is 12.1 Å². The van der Waals surface area contributed by atoms with E-state index in [-0.39, 0.29) is 13.2 Å². The Morgan fingerprint density at radius 1 is 1.06 bits per heavy atom. The van der Waals surface area contributed by atoms with Crippen LogP contribution in [-0.4, -0.2) is 62.4 Å². The fourth-order valence-electron chi connectivity index (χ4n) is 6.26. The van der Waals surface area contributed by atoms with Crippen LogP contribution in [0.2, 0.25) is 25.7 Å². The largest absolute Gasteiger partial charge is 0.481 e. The number of nitrogens with one attached hydrogen (secondary N) is 1. The van der Waals surface area contributed by atoms with E-state index in [1.54, 1.807) is 70.2 Å². The van der Waals surface area contributed by atoms with Gasteiger partial charge in [0.15, 0.2) is 0 Å². The molecule has 0 radical (unpaired) electrons. The molecule has 0 aromatic heterocycles. The summed E-state index contributed by atoms with van der Waals surface area (Å²) in [5, 5.41) is 13.2. The summed E-state index contributed by atoms with van der Waals surface area (Å²) in [6, 6.07) is 15.2. The molecule has 1 unspecified atom stereocenters. The zero-order chi connectivity index (χ0) is 36.1. The molecule has 1 aliphatic rings. The Kier molecular flexibility index (Phi) is 12.9. The number of para-hydroxylation sites is 1. The van der Waals surface area contributed by atoms with E-state index in [1.165, 1.54) is 4.90 Å². The normalized spacial score (nSPS) is 17.6. The van der Waals surface area contributed by atoms with E-state index in [1.807, 2.05) is 6.07 Å². The van der Waals surface area contributed by atoms with Crippen molar-refractivity contribution < 1.29 is 37.4 Å². The number of nitrogens with zero attached hydrogens (tertiary/aromatic N) is 2. The first kappa shape index (κ1) is 39.4. The summed E-state index contributed by atoms with van der Waals surface area (Å²) in [5.41, 5.74) is -0.947. The van der Waals surface area contributed by atoms with E-state index in [0.29, 0.717) is 40.0 Å². The minimum Gasteiger partial charge on any atom is -0.481 e. The number of benzene rings is 2. The van der Waals surface area contributed by atoms with Crippen LogP contribution < -0.4 is 10.2 Å². The van der Waals surface area contributed by atoms with Gasteiger partial charge in [-0.3, -0.25) is 19.3 Å². The number of fused-ring (bicyclic) bond motifs is 1. The maximum absolute atomic E-state index is 14.4. The average molecular weight is 755 g/mol. The lowest BCUT2D eigenvalue weighted by atomic mass is 9.56. The van der Waals surface area contributed by atoms with Crippen LogP contribution >= 0.6 is 15.9 Å². The Hall–Kier alpha value is -3.03. The van der Waals surface area contributed by atoms with Crippen molar-refractivity contribution in [3.8, 4) is 0 Å². The van der Waals surface area contributed by atoms with Crippen molar-refractivity contribution >= 4 is 53.2 Å². The summed E-state index contributed by atoms with van der Waals surface area (Å²) in [6.07, 6.45) is -8.11. The van der Waals surface area contributed by atoms with Crippen LogP contribution in [-0.2, 0) is 19.1 Å². The number of aliphatic carboxylic acids is 1. The predicted octanol–water partition coefficient (Wildman–Crippen LogP) is 8.26. The molecule has 1 heterocycles. The first-order valence-electron chi connectivity index (χ1n) is 16.1. The van der Waals surface area contributed by atoms with E-state index < -0.39 is 67.8 Å². The quantitative estimate of drug-likeness (QED) is 0.149. The average Bonchev–Trinajstić information content (AvgIpc) is 3.08. The number of benzodiazepines with no additional fused rings is 1. The van der Waals surface area contributed by atoms with Gasteiger partial charge in [-0.05, 0) is 46.3 Å². The summed E-state index contributed by atoms with van der Waals surface area (Å²) in [7, 11) is -1.47. The van der Waals surface area contributed by atoms with Crippen molar-refractivity contribution in [1.82, 2.24) is 5.32 Å². The lowest BCUT2D eigenvalue weighted by Crippen LogP contribution is -2.57. The number of carboxylic acids is 1. The second-order valence-corrected chi connectivity index (χ2v) is 21.0. The van der Waals surface area contributed by atoms with Crippen LogP contribution in [0.25, 0.3) is 0 Å². The van der Waals surface area contributed by atoms with Gasteiger partial charge in [0.2, 0.25) is 12.1 Å². The molecule has 1 aliphatic heterocycles. The van der Waals surface area contributed by atoms with Crippen molar-refractivity contribution in [1.29, 1.82) is 0 Å². The van der Waals surface area contributed by atoms with Crippen LogP contribution in [0.1, 0.15) is 64.5 Å². The molecule has 0 spiro atoms. The Morgan fingerprint density at radius 2 is 1.71 bits per heavy atom. The van der Waals surface area contributed by atoms with Crippen LogP contribution in [0.4, 0.5) is 18.9 Å². The lowest BCUT2D eigenvalue weighted by Gasteiger charge is -2.46. The van der Waals surface area contributed by atoms with E-state index in [2.05, 4.69) is 40.9 Å². The van der Waals surface area contributed by atoms with E-state index in [4.69, 9.17) is 9.73 Å². The molecule has 0 fully saturated rings. The van der Waals surface area contributed by atoms with Gasteiger partial charge in [0.1, 0.15) is 6.73 Å². The van der Waals surface area contributed by atoms with Crippen molar-refractivity contribution in [2.45, 2.75) is 91.4 Å². The second kappa shape index (κ2) is 15.7. The Bertz CT molecular complexity index is 1490. The monoisotopic (exact) mass is 753 g/mol. The number of carbonyl (C=O) groups excluding carboxylic acids is 2. The number of anilines is 1. The summed E-state index contributed by atoms with van der Waals surface area (Å²) in [5.74, 6) is -4.64. The standard InChI is InChI=1S/C35H47BrF3N3O5Si/c1-8-18-34(32(45)46,33(2,3)4)25(17-19-35(37,38)39)30(43)41-29-31(44)42(22-47-20-21-48(5,6)7)28-24(15-12-16-26(28)36)27(40-29)23-13-10-9-11-14-23/h9-16,25,29H,8,17-22H2,1-7H3,(H,41,43)(H,45,46)/t25-,29?,34+/m0/s1. The number of hydrogen-bond donors (Lipinski definition) is 2. The van der Waals surface area contributed by atoms with E-state index in [0.717, 1.165) is 6.04 Å². The van der Waals surface area contributed by atoms with Crippen molar-refractivity contribution in [2.24, 2.45) is 21.7 Å². The zero-order valence-electron chi connectivity index (χ0n) is 28.7. The molecule has 8 nitrogen and oxygen atoms in total. The third-order valence-electron chi connectivity index (χ3n) is 8.81. The molecule has 0 saturated carbocycles. The smallest absolute Gasteiger partial charge is 0.389 e. The van der Waals surface area contributed by atoms with Crippen molar-refractivity contribution in [3.63, 3.8) is 0 Å². The van der Waals surface area contributed by atoms with E-state index in [9.17, 15) is 32.7 Å². The number of amides is 2. The fraction of sp³-hybridized carbons (Fsp3) is 0.543. The topological polar surface area (TPSA) is 108 Å². The molecule has 3 rings (SSSR count). The zero-order valence-corrected chi connectivity index (χ0v) is 31.3. The number of hydrogen-bond acceptors (Lipinski definition) is 5. The molecule has 2 aromatic carbocycles. The van der Waals surface area contributed by atoms with Gasteiger partial charge < -0.3 is 15.2 Å². The van der Waals surface area contributed by atoms with Crippen LogP contribution in [0.3, 0.4) is 0 Å². The van der Waals surface area contributed by atoms with Crippen molar-refractivity contribution in [2.75, 3.05) is 18.2 Å². The first-order chi connectivity index (χ1) is 22.2. The number of halogens is 4. The van der Waals surface area contributed by atoms with Gasteiger partial charge in [0, 0.05) is 36.7 Å². The van der Waals surface area contributed by atoms with Crippen molar-refractivity contribution in [3.05, 3.63) is 64.1 Å². The first-order valence-corrected chi connectivity index (χ1v) is 20.7. The maximum Gasteiger partial charge on any atom is 0.389 e. The highest BCUT2D eigenvalue weighted by Gasteiger charge is 2.57. The minimum absolute atomic E-state index is 0.0473. The molecule has 0 aliphatic carbocycles. The SMILES string of the molecule is CCC[C@](C(=O)O)([C@@H](CCC(F)(F)F)C(=O)NC1N=C(c2ccccc2)c2cccc(Br)c2N(COCC[Si](C)(C)C)C1=O)C(C)(C)C. The molecule has 3 atom stereocenters. The Balaban J connectivity index is 2.19. The van der Waals surface area contributed by atoms with Gasteiger partial charge in [-0.2, -0.15) is 13.2 Å². The summed E-state index contributed by atoms with van der Waals surface area (Å²) in [4.78, 5) is 47.9. The summed E-state index contributed by atoms with van der Waals surface area (Å²) in [6.45, 7) is 13.4. The molecular weight excluding hydrogens is 707 g/mol.